The molecule has 0 saturated heterocycles. The zero-order valence-corrected chi connectivity index (χ0v) is 17.7. The highest BCUT2D eigenvalue weighted by Crippen LogP contribution is 2.37. The summed E-state index contributed by atoms with van der Waals surface area (Å²) in [6.45, 7) is 0. The number of ether oxygens (including phenoxy) is 2. The summed E-state index contributed by atoms with van der Waals surface area (Å²) in [5.74, 6) is 3.41. The van der Waals surface area contributed by atoms with Crippen LogP contribution >= 0.6 is 23.2 Å². The molecule has 2 heterocycles. The molecule has 4 aromatic rings. The summed E-state index contributed by atoms with van der Waals surface area (Å²) < 4.78 is 12.6. The number of fused-ring (bicyclic) bond motifs is 8. The standard InChI is InChI=1S/C24H14Cl2O2Si/c25-15-9-11-19-23(13-15)29(21-7-3-1-5-17(21)27-19)22-8-4-2-6-18(22)28-20-12-10-16(26)14-24(20)29/h1-14H. The highest BCUT2D eigenvalue weighted by atomic mass is 35.5. The molecule has 0 saturated carbocycles. The molecule has 0 radical (unpaired) electrons. The fourth-order valence-electron chi connectivity index (χ4n) is 4.61. The number of hydrogen-bond donors (Lipinski definition) is 0. The Morgan fingerprint density at radius 1 is 0.483 bits per heavy atom. The third-order valence-corrected chi connectivity index (χ3v) is 11.0. The molecule has 140 valence electrons. The molecule has 29 heavy (non-hydrogen) atoms. The molecule has 1 spiro atoms. The highest BCUT2D eigenvalue weighted by molar-refractivity contribution is 7.21. The van der Waals surface area contributed by atoms with Crippen molar-refractivity contribution < 1.29 is 9.47 Å². The van der Waals surface area contributed by atoms with Crippen molar-refractivity contribution in [2.45, 2.75) is 0 Å². The Bertz CT molecular complexity index is 1200. The number of para-hydroxylation sites is 2. The van der Waals surface area contributed by atoms with Gasteiger partial charge in [0.25, 0.3) is 0 Å². The van der Waals surface area contributed by atoms with E-state index in [0.717, 1.165) is 33.4 Å². The molecule has 0 aromatic heterocycles. The lowest BCUT2D eigenvalue weighted by Gasteiger charge is -2.43. The Kier molecular flexibility index (Phi) is 3.63. The maximum absolute atomic E-state index is 6.50. The van der Waals surface area contributed by atoms with Gasteiger partial charge in [0.1, 0.15) is 23.0 Å². The summed E-state index contributed by atoms with van der Waals surface area (Å²) in [5.41, 5.74) is 0. The van der Waals surface area contributed by atoms with Gasteiger partial charge in [-0.3, -0.25) is 0 Å². The van der Waals surface area contributed by atoms with Crippen molar-refractivity contribution in [3.05, 3.63) is 95.0 Å². The second-order valence-corrected chi connectivity index (χ2v) is 11.8. The minimum Gasteiger partial charge on any atom is -0.458 e. The van der Waals surface area contributed by atoms with E-state index in [4.69, 9.17) is 32.7 Å². The summed E-state index contributed by atoms with van der Waals surface area (Å²) in [6, 6.07) is 28.3. The topological polar surface area (TPSA) is 18.5 Å². The second kappa shape index (κ2) is 6.14. The van der Waals surface area contributed by atoms with Gasteiger partial charge in [0.15, 0.2) is 8.07 Å². The lowest BCUT2D eigenvalue weighted by molar-refractivity contribution is 0.481. The molecule has 6 rings (SSSR count). The smallest absolute Gasteiger partial charge is 0.196 e. The summed E-state index contributed by atoms with van der Waals surface area (Å²) in [4.78, 5) is 0. The molecule has 4 aromatic carbocycles. The van der Waals surface area contributed by atoms with E-state index in [1.54, 1.807) is 0 Å². The molecule has 0 unspecified atom stereocenters. The number of hydrogen-bond acceptors (Lipinski definition) is 2. The Morgan fingerprint density at radius 2 is 0.897 bits per heavy atom. The molecule has 0 amide bonds. The summed E-state index contributed by atoms with van der Waals surface area (Å²) in [7, 11) is -2.73. The minimum absolute atomic E-state index is 0.686. The van der Waals surface area contributed by atoms with Crippen molar-refractivity contribution in [2.24, 2.45) is 0 Å². The zero-order valence-electron chi connectivity index (χ0n) is 15.2. The van der Waals surface area contributed by atoms with Crippen LogP contribution in [0.3, 0.4) is 0 Å². The van der Waals surface area contributed by atoms with Gasteiger partial charge in [-0.1, -0.05) is 59.6 Å². The van der Waals surface area contributed by atoms with Gasteiger partial charge >= 0.3 is 0 Å². The third-order valence-electron chi connectivity index (χ3n) is 5.71. The van der Waals surface area contributed by atoms with Crippen molar-refractivity contribution in [2.75, 3.05) is 0 Å². The molecule has 0 atom stereocenters. The van der Waals surface area contributed by atoms with Gasteiger partial charge in [-0.05, 0) is 69.3 Å². The van der Waals surface area contributed by atoms with Gasteiger partial charge in [0, 0.05) is 10.0 Å². The quantitative estimate of drug-likeness (QED) is 0.327. The van der Waals surface area contributed by atoms with Crippen LogP contribution in [0, 0.1) is 0 Å². The molecule has 2 aliphatic rings. The largest absolute Gasteiger partial charge is 0.458 e. The Hall–Kier alpha value is -2.72. The lowest BCUT2D eigenvalue weighted by Crippen LogP contribution is -2.77. The molecule has 0 N–H and O–H groups in total. The van der Waals surface area contributed by atoms with E-state index in [-0.39, 0.29) is 0 Å². The van der Waals surface area contributed by atoms with Crippen LogP contribution in [-0.4, -0.2) is 8.07 Å². The molecule has 0 aliphatic carbocycles. The van der Waals surface area contributed by atoms with Crippen molar-refractivity contribution in [1.82, 2.24) is 0 Å². The van der Waals surface area contributed by atoms with Crippen molar-refractivity contribution >= 4 is 52.0 Å². The van der Waals surface area contributed by atoms with Gasteiger partial charge in [-0.2, -0.15) is 0 Å². The van der Waals surface area contributed by atoms with E-state index in [0.29, 0.717) is 10.0 Å². The first-order chi connectivity index (χ1) is 14.2. The van der Waals surface area contributed by atoms with Gasteiger partial charge in [-0.25, -0.2) is 0 Å². The average Bonchev–Trinajstić information content (AvgIpc) is 2.74. The predicted octanol–water partition coefficient (Wildman–Crippen LogP) is 4.58. The first kappa shape index (κ1) is 17.2. The van der Waals surface area contributed by atoms with Crippen LogP contribution in [0.2, 0.25) is 10.0 Å². The van der Waals surface area contributed by atoms with Crippen molar-refractivity contribution in [3.8, 4) is 23.0 Å². The predicted molar refractivity (Wildman–Crippen MR) is 120 cm³/mol. The first-order valence-electron chi connectivity index (χ1n) is 9.33. The SMILES string of the molecule is Clc1ccc2c(c1)[Si]1(c3ccccc3O2)c2ccccc2Oc2ccc(Cl)cc21. The fraction of sp³-hybridized carbons (Fsp3) is 0. The monoisotopic (exact) mass is 432 g/mol. The van der Waals surface area contributed by atoms with Crippen molar-refractivity contribution in [1.29, 1.82) is 0 Å². The lowest BCUT2D eigenvalue weighted by atomic mass is 10.3. The van der Waals surface area contributed by atoms with E-state index < -0.39 is 8.07 Å². The maximum atomic E-state index is 6.50. The zero-order chi connectivity index (χ0) is 19.6. The molecular weight excluding hydrogens is 419 g/mol. The maximum Gasteiger partial charge on any atom is 0.196 e. The van der Waals surface area contributed by atoms with Gasteiger partial charge in [-0.15, -0.1) is 0 Å². The number of halogens is 2. The van der Waals surface area contributed by atoms with E-state index in [2.05, 4.69) is 24.3 Å². The molecule has 0 fully saturated rings. The molecular formula is C24H14Cl2O2Si. The first-order valence-corrected chi connectivity index (χ1v) is 12.1. The van der Waals surface area contributed by atoms with Crippen LogP contribution < -0.4 is 30.2 Å². The van der Waals surface area contributed by atoms with Gasteiger partial charge < -0.3 is 9.47 Å². The van der Waals surface area contributed by atoms with Crippen LogP contribution in [0.25, 0.3) is 0 Å². The summed E-state index contributed by atoms with van der Waals surface area (Å²) in [5, 5.41) is 5.95. The van der Waals surface area contributed by atoms with Crippen LogP contribution in [0.5, 0.6) is 23.0 Å². The Balaban J connectivity index is 1.86. The Labute approximate surface area is 179 Å². The number of benzene rings is 4. The summed E-state index contributed by atoms with van der Waals surface area (Å²) >= 11 is 13.0. The molecule has 5 heteroatoms. The molecule has 2 nitrogen and oxygen atoms in total. The highest BCUT2D eigenvalue weighted by Gasteiger charge is 2.53. The van der Waals surface area contributed by atoms with E-state index in [1.165, 1.54) is 10.4 Å². The van der Waals surface area contributed by atoms with Gasteiger partial charge in [0.2, 0.25) is 0 Å². The second-order valence-electron chi connectivity index (χ2n) is 7.23. The van der Waals surface area contributed by atoms with Crippen LogP contribution in [0.1, 0.15) is 0 Å². The van der Waals surface area contributed by atoms with E-state index >= 15 is 0 Å². The molecule has 0 bridgehead atoms. The van der Waals surface area contributed by atoms with Crippen molar-refractivity contribution in [3.63, 3.8) is 0 Å². The van der Waals surface area contributed by atoms with Crippen LogP contribution in [-0.2, 0) is 0 Å². The fourth-order valence-corrected chi connectivity index (χ4v) is 10.3. The van der Waals surface area contributed by atoms with Crippen LogP contribution in [0.4, 0.5) is 0 Å². The average molecular weight is 433 g/mol. The van der Waals surface area contributed by atoms with Gasteiger partial charge in [0.05, 0.1) is 0 Å². The molecule has 2 aliphatic heterocycles. The third kappa shape index (κ3) is 2.29. The number of rotatable bonds is 0. The van der Waals surface area contributed by atoms with Crippen LogP contribution in [0.15, 0.2) is 84.9 Å². The normalized spacial score (nSPS) is 14.7. The Morgan fingerprint density at radius 3 is 1.38 bits per heavy atom. The summed E-state index contributed by atoms with van der Waals surface area (Å²) in [6.07, 6.45) is 0. The van der Waals surface area contributed by atoms with E-state index in [9.17, 15) is 0 Å². The minimum atomic E-state index is -2.73. The van der Waals surface area contributed by atoms with E-state index in [1.807, 2.05) is 60.7 Å².